The van der Waals surface area contributed by atoms with E-state index in [0.29, 0.717) is 13.2 Å². The van der Waals surface area contributed by atoms with E-state index in [0.717, 1.165) is 17.7 Å². The van der Waals surface area contributed by atoms with Crippen LogP contribution in [0.15, 0.2) is 41.8 Å². The first kappa shape index (κ1) is 16.8. The molecule has 2 amide bonds. The van der Waals surface area contributed by atoms with Crippen LogP contribution in [0.2, 0.25) is 0 Å². The summed E-state index contributed by atoms with van der Waals surface area (Å²) >= 11 is 1.71. The van der Waals surface area contributed by atoms with Crippen molar-refractivity contribution in [3.63, 3.8) is 0 Å². The van der Waals surface area contributed by atoms with Crippen LogP contribution in [-0.2, 0) is 0 Å². The van der Waals surface area contributed by atoms with Gasteiger partial charge >= 0.3 is 6.03 Å². The van der Waals surface area contributed by atoms with E-state index in [2.05, 4.69) is 27.0 Å². The summed E-state index contributed by atoms with van der Waals surface area (Å²) in [5.41, 5.74) is 1.04. The normalized spacial score (nSPS) is 17.7. The fourth-order valence-corrected chi connectivity index (χ4v) is 3.83. The monoisotopic (exact) mass is 345 g/mol. The largest absolute Gasteiger partial charge is 0.493 e. The first-order chi connectivity index (χ1) is 11.6. The van der Waals surface area contributed by atoms with Gasteiger partial charge in [0, 0.05) is 23.4 Å². The first-order valence-corrected chi connectivity index (χ1v) is 8.99. The lowest BCUT2D eigenvalue weighted by molar-refractivity contribution is 0.218. The molecule has 0 bridgehead atoms. The van der Waals surface area contributed by atoms with E-state index in [9.17, 15) is 4.79 Å². The summed E-state index contributed by atoms with van der Waals surface area (Å²) in [4.78, 5) is 15.7. The second kappa shape index (κ2) is 7.68. The molecule has 1 aliphatic heterocycles. The smallest absolute Gasteiger partial charge is 0.315 e. The van der Waals surface area contributed by atoms with Gasteiger partial charge in [-0.25, -0.2) is 4.79 Å². The van der Waals surface area contributed by atoms with Crippen molar-refractivity contribution in [3.05, 3.63) is 52.2 Å². The van der Waals surface area contributed by atoms with Crippen LogP contribution >= 0.6 is 11.3 Å². The second-order valence-corrected chi connectivity index (χ2v) is 7.06. The van der Waals surface area contributed by atoms with Gasteiger partial charge in [0.05, 0.1) is 18.7 Å². The predicted molar refractivity (Wildman–Crippen MR) is 96.6 cm³/mol. The average Bonchev–Trinajstić information content (AvgIpc) is 3.09. The highest BCUT2D eigenvalue weighted by Gasteiger charge is 2.23. The van der Waals surface area contributed by atoms with Gasteiger partial charge in [0.15, 0.2) is 0 Å². The van der Waals surface area contributed by atoms with Crippen molar-refractivity contribution in [1.29, 1.82) is 0 Å². The molecule has 2 atom stereocenters. The van der Waals surface area contributed by atoms with Crippen LogP contribution in [0.4, 0.5) is 4.79 Å². The van der Waals surface area contributed by atoms with E-state index in [1.807, 2.05) is 44.4 Å². The van der Waals surface area contributed by atoms with E-state index >= 15 is 0 Å². The summed E-state index contributed by atoms with van der Waals surface area (Å²) in [6, 6.07) is 12.0. The van der Waals surface area contributed by atoms with E-state index < -0.39 is 0 Å². The molecule has 0 unspecified atom stereocenters. The minimum atomic E-state index is -0.139. The number of nitrogens with zero attached hydrogens (tertiary/aromatic N) is 1. The number of carbonyl (C=O) groups is 1. The Kier molecular flexibility index (Phi) is 5.37. The zero-order valence-electron chi connectivity index (χ0n) is 14.0. The highest BCUT2D eigenvalue weighted by atomic mass is 32.1. The third-order valence-corrected chi connectivity index (χ3v) is 5.19. The Morgan fingerprint density at radius 1 is 1.33 bits per heavy atom. The van der Waals surface area contributed by atoms with Gasteiger partial charge < -0.3 is 20.3 Å². The molecule has 24 heavy (non-hydrogen) atoms. The quantitative estimate of drug-likeness (QED) is 0.875. The molecule has 128 valence electrons. The first-order valence-electron chi connectivity index (χ1n) is 8.11. The third-order valence-electron chi connectivity index (χ3n) is 4.21. The summed E-state index contributed by atoms with van der Waals surface area (Å²) < 4.78 is 5.64. The number of amides is 2. The molecule has 1 aliphatic rings. The number of ether oxygens (including phenoxy) is 1. The number of hydrogen-bond donors (Lipinski definition) is 2. The zero-order valence-corrected chi connectivity index (χ0v) is 14.8. The van der Waals surface area contributed by atoms with Crippen LogP contribution in [0.25, 0.3) is 0 Å². The van der Waals surface area contributed by atoms with Crippen LogP contribution in [0.5, 0.6) is 5.75 Å². The molecule has 1 aromatic heterocycles. The molecular formula is C18H23N3O2S. The molecule has 0 radical (unpaired) electrons. The van der Waals surface area contributed by atoms with Gasteiger partial charge in [-0.05, 0) is 31.6 Å². The fourth-order valence-electron chi connectivity index (χ4n) is 2.91. The Hall–Kier alpha value is -2.05. The molecule has 0 spiro atoms. The molecule has 6 heteroatoms. The fraction of sp³-hybridized carbons (Fsp3) is 0.389. The Morgan fingerprint density at radius 2 is 2.17 bits per heavy atom. The van der Waals surface area contributed by atoms with Gasteiger partial charge in [-0.2, -0.15) is 0 Å². The maximum absolute atomic E-state index is 12.3. The van der Waals surface area contributed by atoms with E-state index in [1.54, 1.807) is 11.3 Å². The van der Waals surface area contributed by atoms with Gasteiger partial charge in [0.25, 0.3) is 0 Å². The summed E-state index contributed by atoms with van der Waals surface area (Å²) in [5.74, 6) is 0.860. The number of carbonyl (C=O) groups excluding carboxylic acids is 1. The Labute approximate surface area is 146 Å². The summed E-state index contributed by atoms with van der Waals surface area (Å²) in [7, 11) is 4.05. The van der Waals surface area contributed by atoms with Gasteiger partial charge in [0.2, 0.25) is 0 Å². The molecule has 2 heterocycles. The molecule has 0 saturated heterocycles. The Morgan fingerprint density at radius 3 is 2.92 bits per heavy atom. The highest BCUT2D eigenvalue weighted by molar-refractivity contribution is 7.10. The van der Waals surface area contributed by atoms with Crippen molar-refractivity contribution in [1.82, 2.24) is 15.5 Å². The molecule has 2 N–H and O–H groups in total. The number of benzene rings is 1. The summed E-state index contributed by atoms with van der Waals surface area (Å²) in [5, 5.41) is 8.13. The van der Waals surface area contributed by atoms with Crippen LogP contribution in [-0.4, -0.2) is 38.2 Å². The van der Waals surface area contributed by atoms with Crippen LogP contribution in [0, 0.1) is 0 Å². The SMILES string of the molecule is CN(C)[C@H](CNC(=O)N[C@H]1CCOc2ccccc21)c1cccs1. The van der Waals surface area contributed by atoms with Crippen LogP contribution in [0.3, 0.4) is 0 Å². The van der Waals surface area contributed by atoms with Crippen molar-refractivity contribution in [3.8, 4) is 5.75 Å². The maximum atomic E-state index is 12.3. The van der Waals surface area contributed by atoms with Crippen molar-refractivity contribution >= 4 is 17.4 Å². The summed E-state index contributed by atoms with van der Waals surface area (Å²) in [6.45, 7) is 1.20. The van der Waals surface area contributed by atoms with Crippen molar-refractivity contribution in [2.75, 3.05) is 27.2 Å². The molecule has 3 rings (SSSR count). The molecule has 5 nitrogen and oxygen atoms in total. The lowest BCUT2D eigenvalue weighted by Crippen LogP contribution is -2.42. The van der Waals surface area contributed by atoms with Gasteiger partial charge in [-0.1, -0.05) is 24.3 Å². The topological polar surface area (TPSA) is 53.6 Å². The third kappa shape index (κ3) is 3.88. The lowest BCUT2D eigenvalue weighted by Gasteiger charge is -2.28. The number of thiophene rings is 1. The molecule has 0 saturated carbocycles. The van der Waals surface area contributed by atoms with Crippen LogP contribution in [0.1, 0.15) is 28.9 Å². The van der Waals surface area contributed by atoms with Crippen LogP contribution < -0.4 is 15.4 Å². The number of rotatable bonds is 5. The van der Waals surface area contributed by atoms with Gasteiger partial charge in [0.1, 0.15) is 5.75 Å². The standard InChI is InChI=1S/C18H23N3O2S/c1-21(2)15(17-8-5-11-24-17)12-19-18(22)20-14-9-10-23-16-7-4-3-6-13(14)16/h3-8,11,14-15H,9-10,12H2,1-2H3,(H2,19,20,22)/t14-,15+/m0/s1. The predicted octanol–water partition coefficient (Wildman–Crippen LogP) is 3.17. The Balaban J connectivity index is 1.58. The number of fused-ring (bicyclic) bond motifs is 1. The molecular weight excluding hydrogens is 322 g/mol. The molecule has 1 aromatic carbocycles. The van der Waals surface area contributed by atoms with E-state index in [1.165, 1.54) is 4.88 Å². The van der Waals surface area contributed by atoms with Gasteiger partial charge in [-0.3, -0.25) is 0 Å². The minimum absolute atomic E-state index is 0.00510. The minimum Gasteiger partial charge on any atom is -0.493 e. The number of hydrogen-bond acceptors (Lipinski definition) is 4. The van der Waals surface area contributed by atoms with E-state index in [4.69, 9.17) is 4.74 Å². The number of nitrogens with one attached hydrogen (secondary N) is 2. The molecule has 0 aliphatic carbocycles. The van der Waals surface area contributed by atoms with E-state index in [-0.39, 0.29) is 18.1 Å². The number of para-hydroxylation sites is 1. The van der Waals surface area contributed by atoms with Crippen molar-refractivity contribution < 1.29 is 9.53 Å². The van der Waals surface area contributed by atoms with Crippen molar-refractivity contribution in [2.24, 2.45) is 0 Å². The highest BCUT2D eigenvalue weighted by Crippen LogP contribution is 2.31. The second-order valence-electron chi connectivity index (χ2n) is 6.08. The average molecular weight is 345 g/mol. The molecule has 2 aromatic rings. The lowest BCUT2D eigenvalue weighted by atomic mass is 10.0. The Bertz CT molecular complexity index is 673. The van der Waals surface area contributed by atoms with Gasteiger partial charge in [-0.15, -0.1) is 11.3 Å². The summed E-state index contributed by atoms with van der Waals surface area (Å²) in [6.07, 6.45) is 0.784. The van der Waals surface area contributed by atoms with Crippen molar-refractivity contribution in [2.45, 2.75) is 18.5 Å². The number of urea groups is 1. The molecule has 0 fully saturated rings. The maximum Gasteiger partial charge on any atom is 0.315 e. The zero-order chi connectivity index (χ0) is 16.9. The number of likely N-dealkylation sites (N-methyl/N-ethyl adjacent to an activating group) is 1.